The SMILES string of the molecule is O=C(CC1C(=O)NCCN1Cc1cccc(F)c1)NCCCO. The molecule has 0 aromatic heterocycles. The van der Waals surface area contributed by atoms with E-state index in [-0.39, 0.29) is 30.7 Å². The minimum atomic E-state index is -0.568. The van der Waals surface area contributed by atoms with Gasteiger partial charge in [-0.1, -0.05) is 12.1 Å². The van der Waals surface area contributed by atoms with Gasteiger partial charge in [0.25, 0.3) is 0 Å². The van der Waals surface area contributed by atoms with Crippen molar-refractivity contribution >= 4 is 11.8 Å². The first-order chi connectivity index (χ1) is 11.1. The number of rotatable bonds is 7. The van der Waals surface area contributed by atoms with E-state index < -0.39 is 6.04 Å². The maximum atomic E-state index is 13.3. The Hall–Kier alpha value is -1.99. The molecule has 3 N–H and O–H groups in total. The molecule has 2 rings (SSSR count). The molecule has 0 bridgehead atoms. The third-order valence-corrected chi connectivity index (χ3v) is 3.75. The van der Waals surface area contributed by atoms with E-state index in [4.69, 9.17) is 5.11 Å². The Morgan fingerprint density at radius 3 is 3.04 bits per heavy atom. The number of aliphatic hydroxyl groups excluding tert-OH is 1. The number of piperazine rings is 1. The Balaban J connectivity index is 1.98. The molecule has 1 fully saturated rings. The van der Waals surface area contributed by atoms with Crippen LogP contribution in [0.15, 0.2) is 24.3 Å². The molecule has 2 amide bonds. The van der Waals surface area contributed by atoms with E-state index in [9.17, 15) is 14.0 Å². The number of nitrogens with one attached hydrogen (secondary N) is 2. The van der Waals surface area contributed by atoms with Gasteiger partial charge in [-0.15, -0.1) is 0 Å². The third-order valence-electron chi connectivity index (χ3n) is 3.75. The van der Waals surface area contributed by atoms with Gasteiger partial charge in [0.05, 0.1) is 12.5 Å². The summed E-state index contributed by atoms with van der Waals surface area (Å²) in [6.07, 6.45) is 0.530. The van der Waals surface area contributed by atoms with Crippen LogP contribution >= 0.6 is 0 Å². The van der Waals surface area contributed by atoms with Crippen LogP contribution in [0, 0.1) is 5.82 Å². The van der Waals surface area contributed by atoms with Gasteiger partial charge in [-0.05, 0) is 24.1 Å². The van der Waals surface area contributed by atoms with E-state index in [1.807, 2.05) is 4.90 Å². The third kappa shape index (κ3) is 5.30. The summed E-state index contributed by atoms with van der Waals surface area (Å²) in [6.45, 7) is 1.93. The number of hydrogen-bond acceptors (Lipinski definition) is 4. The van der Waals surface area contributed by atoms with Crippen LogP contribution in [0.2, 0.25) is 0 Å². The van der Waals surface area contributed by atoms with Gasteiger partial charge in [0.1, 0.15) is 5.82 Å². The Morgan fingerprint density at radius 2 is 2.30 bits per heavy atom. The van der Waals surface area contributed by atoms with Gasteiger partial charge < -0.3 is 15.7 Å². The normalized spacial score (nSPS) is 18.5. The largest absolute Gasteiger partial charge is 0.396 e. The predicted molar refractivity (Wildman–Crippen MR) is 82.9 cm³/mol. The fourth-order valence-electron chi connectivity index (χ4n) is 2.60. The van der Waals surface area contributed by atoms with Crippen LogP contribution in [0.3, 0.4) is 0 Å². The summed E-state index contributed by atoms with van der Waals surface area (Å²) in [5.74, 6) is -0.739. The van der Waals surface area contributed by atoms with Crippen molar-refractivity contribution in [2.45, 2.75) is 25.4 Å². The number of aliphatic hydroxyl groups is 1. The molecule has 1 saturated heterocycles. The Kier molecular flexibility index (Phi) is 6.49. The standard InChI is InChI=1S/C16H22FN3O3/c17-13-4-1-3-12(9-13)11-20-7-6-19-16(23)14(20)10-15(22)18-5-2-8-21/h1,3-4,9,14,21H,2,5-8,10-11H2,(H,18,22)(H,19,23). The van der Waals surface area contributed by atoms with Crippen LogP contribution in [-0.4, -0.2) is 54.1 Å². The number of halogens is 1. The van der Waals surface area contributed by atoms with Crippen molar-refractivity contribution in [3.05, 3.63) is 35.6 Å². The fraction of sp³-hybridized carbons (Fsp3) is 0.500. The molecule has 1 aromatic carbocycles. The summed E-state index contributed by atoms with van der Waals surface area (Å²) in [7, 11) is 0. The van der Waals surface area contributed by atoms with E-state index in [2.05, 4.69) is 10.6 Å². The van der Waals surface area contributed by atoms with Crippen LogP contribution in [0.1, 0.15) is 18.4 Å². The lowest BCUT2D eigenvalue weighted by Gasteiger charge is -2.34. The molecule has 6 nitrogen and oxygen atoms in total. The molecule has 0 aliphatic carbocycles. The molecule has 0 saturated carbocycles. The Labute approximate surface area is 134 Å². The number of carbonyl (C=O) groups is 2. The topological polar surface area (TPSA) is 81.7 Å². The molecule has 126 valence electrons. The molecule has 0 radical (unpaired) electrons. The molecule has 1 unspecified atom stereocenters. The monoisotopic (exact) mass is 323 g/mol. The molecule has 0 spiro atoms. The van der Waals surface area contributed by atoms with Crippen LogP contribution in [0.5, 0.6) is 0 Å². The minimum absolute atomic E-state index is 0.00981. The molecular formula is C16H22FN3O3. The van der Waals surface area contributed by atoms with Crippen LogP contribution < -0.4 is 10.6 Å². The van der Waals surface area contributed by atoms with E-state index in [0.29, 0.717) is 32.6 Å². The van der Waals surface area contributed by atoms with E-state index in [1.165, 1.54) is 12.1 Å². The van der Waals surface area contributed by atoms with Gasteiger partial charge in [-0.25, -0.2) is 4.39 Å². The molecule has 1 atom stereocenters. The highest BCUT2D eigenvalue weighted by molar-refractivity contribution is 5.88. The van der Waals surface area contributed by atoms with Crippen molar-refractivity contribution in [2.24, 2.45) is 0 Å². The maximum Gasteiger partial charge on any atom is 0.237 e. The lowest BCUT2D eigenvalue weighted by atomic mass is 10.1. The maximum absolute atomic E-state index is 13.3. The lowest BCUT2D eigenvalue weighted by molar-refractivity contribution is -0.134. The lowest BCUT2D eigenvalue weighted by Crippen LogP contribution is -2.56. The molecule has 1 aliphatic heterocycles. The molecule has 1 heterocycles. The molecule has 23 heavy (non-hydrogen) atoms. The van der Waals surface area contributed by atoms with E-state index >= 15 is 0 Å². The van der Waals surface area contributed by atoms with Crippen LogP contribution in [-0.2, 0) is 16.1 Å². The molecule has 7 heteroatoms. The smallest absolute Gasteiger partial charge is 0.237 e. The number of nitrogens with zero attached hydrogens (tertiary/aromatic N) is 1. The van der Waals surface area contributed by atoms with Gasteiger partial charge in [-0.2, -0.15) is 0 Å². The van der Waals surface area contributed by atoms with E-state index in [1.54, 1.807) is 12.1 Å². The zero-order valence-corrected chi connectivity index (χ0v) is 12.9. The van der Waals surface area contributed by atoms with Crippen molar-refractivity contribution < 1.29 is 19.1 Å². The number of amides is 2. The Bertz CT molecular complexity index is 553. The van der Waals surface area contributed by atoms with Crippen molar-refractivity contribution in [2.75, 3.05) is 26.2 Å². The first-order valence-electron chi connectivity index (χ1n) is 7.74. The van der Waals surface area contributed by atoms with Crippen molar-refractivity contribution in [1.29, 1.82) is 0 Å². The first-order valence-corrected chi connectivity index (χ1v) is 7.74. The summed E-state index contributed by atoms with van der Waals surface area (Å²) in [6, 6.07) is 5.67. The minimum Gasteiger partial charge on any atom is -0.396 e. The summed E-state index contributed by atoms with van der Waals surface area (Å²) < 4.78 is 13.3. The number of hydrogen-bond donors (Lipinski definition) is 3. The van der Waals surface area contributed by atoms with E-state index in [0.717, 1.165) is 5.56 Å². The van der Waals surface area contributed by atoms with Gasteiger partial charge in [0, 0.05) is 32.8 Å². The first kappa shape index (κ1) is 17.4. The predicted octanol–water partition coefficient (Wildman–Crippen LogP) is 0.0148. The zero-order chi connectivity index (χ0) is 16.7. The summed E-state index contributed by atoms with van der Waals surface area (Å²) in [4.78, 5) is 25.9. The average molecular weight is 323 g/mol. The highest BCUT2D eigenvalue weighted by Gasteiger charge is 2.31. The quantitative estimate of drug-likeness (QED) is 0.618. The second-order valence-electron chi connectivity index (χ2n) is 5.54. The second-order valence-corrected chi connectivity index (χ2v) is 5.54. The highest BCUT2D eigenvalue weighted by atomic mass is 19.1. The molecular weight excluding hydrogens is 301 g/mol. The van der Waals surface area contributed by atoms with Gasteiger partial charge >= 0.3 is 0 Å². The van der Waals surface area contributed by atoms with Crippen molar-refractivity contribution in [3.8, 4) is 0 Å². The average Bonchev–Trinajstić information content (AvgIpc) is 2.51. The molecule has 1 aromatic rings. The second kappa shape index (κ2) is 8.59. The van der Waals surface area contributed by atoms with Gasteiger partial charge in [0.15, 0.2) is 0 Å². The van der Waals surface area contributed by atoms with Gasteiger partial charge in [-0.3, -0.25) is 14.5 Å². The van der Waals surface area contributed by atoms with Crippen molar-refractivity contribution in [3.63, 3.8) is 0 Å². The summed E-state index contributed by atoms with van der Waals surface area (Å²) in [5.41, 5.74) is 0.769. The number of benzene rings is 1. The zero-order valence-electron chi connectivity index (χ0n) is 12.9. The fourth-order valence-corrected chi connectivity index (χ4v) is 2.60. The number of carbonyl (C=O) groups excluding carboxylic acids is 2. The van der Waals surface area contributed by atoms with Crippen LogP contribution in [0.25, 0.3) is 0 Å². The Morgan fingerprint density at radius 1 is 1.48 bits per heavy atom. The highest BCUT2D eigenvalue weighted by Crippen LogP contribution is 2.14. The van der Waals surface area contributed by atoms with Crippen LogP contribution in [0.4, 0.5) is 4.39 Å². The van der Waals surface area contributed by atoms with Crippen molar-refractivity contribution in [1.82, 2.24) is 15.5 Å². The summed E-state index contributed by atoms with van der Waals surface area (Å²) in [5, 5.41) is 14.2. The molecule has 1 aliphatic rings. The van der Waals surface area contributed by atoms with Gasteiger partial charge in [0.2, 0.25) is 11.8 Å². The summed E-state index contributed by atoms with van der Waals surface area (Å²) >= 11 is 0.